The molecule has 1 aromatic heterocycles. The highest BCUT2D eigenvalue weighted by Crippen LogP contribution is 2.13. The number of sulfone groups is 1. The molecule has 0 radical (unpaired) electrons. The van der Waals surface area contributed by atoms with Crippen molar-refractivity contribution < 1.29 is 17.9 Å². The molecule has 0 fully saturated rings. The van der Waals surface area contributed by atoms with Crippen molar-refractivity contribution in [1.82, 2.24) is 15.0 Å². The Labute approximate surface area is 125 Å². The Morgan fingerprint density at radius 2 is 1.90 bits per heavy atom. The Hall–Kier alpha value is -1.44. The van der Waals surface area contributed by atoms with Gasteiger partial charge in [0.25, 0.3) is 0 Å². The van der Waals surface area contributed by atoms with Crippen LogP contribution in [0.5, 0.6) is 0 Å². The summed E-state index contributed by atoms with van der Waals surface area (Å²) in [5, 5.41) is 7.62. The molecule has 8 heteroatoms. The molecule has 0 N–H and O–H groups in total. The standard InChI is InChI=1S/C13H23N3O4S/c1-6-8-21(18,19)9-7-16-10(2)11(14-15-16)12(17)20-13(3,4)5/h6-9H2,1-5H3. The second kappa shape index (κ2) is 6.55. The zero-order chi connectivity index (χ0) is 16.3. The number of nitrogens with zero attached hydrogens (tertiary/aromatic N) is 3. The van der Waals surface area contributed by atoms with Crippen LogP contribution < -0.4 is 0 Å². The maximum atomic E-state index is 11.9. The van der Waals surface area contributed by atoms with Crippen molar-refractivity contribution in [3.8, 4) is 0 Å². The van der Waals surface area contributed by atoms with E-state index in [1.54, 1.807) is 27.7 Å². The van der Waals surface area contributed by atoms with Crippen molar-refractivity contribution in [2.75, 3.05) is 11.5 Å². The van der Waals surface area contributed by atoms with Gasteiger partial charge in [0.05, 0.1) is 18.0 Å². The predicted molar refractivity (Wildman–Crippen MR) is 78.9 cm³/mol. The Balaban J connectivity index is 2.79. The normalized spacial score (nSPS) is 12.4. The van der Waals surface area contributed by atoms with E-state index in [-0.39, 0.29) is 23.7 Å². The van der Waals surface area contributed by atoms with Crippen molar-refractivity contribution >= 4 is 15.8 Å². The van der Waals surface area contributed by atoms with Crippen LogP contribution in [-0.4, -0.2) is 46.5 Å². The first kappa shape index (κ1) is 17.6. The van der Waals surface area contributed by atoms with Gasteiger partial charge in [-0.3, -0.25) is 0 Å². The van der Waals surface area contributed by atoms with Gasteiger partial charge in [-0.2, -0.15) is 0 Å². The van der Waals surface area contributed by atoms with E-state index >= 15 is 0 Å². The number of carbonyl (C=O) groups is 1. The van der Waals surface area contributed by atoms with Crippen LogP contribution in [0.15, 0.2) is 0 Å². The lowest BCUT2D eigenvalue weighted by molar-refractivity contribution is 0.00618. The summed E-state index contributed by atoms with van der Waals surface area (Å²) in [7, 11) is -3.09. The Morgan fingerprint density at radius 1 is 1.29 bits per heavy atom. The third-order valence-electron chi connectivity index (χ3n) is 2.70. The van der Waals surface area contributed by atoms with Gasteiger partial charge in [0, 0.05) is 5.75 Å². The predicted octanol–water partition coefficient (Wildman–Crippen LogP) is 1.37. The Bertz CT molecular complexity index is 599. The van der Waals surface area contributed by atoms with Crippen molar-refractivity contribution in [2.24, 2.45) is 0 Å². The van der Waals surface area contributed by atoms with Crippen LogP contribution in [0.1, 0.15) is 50.3 Å². The topological polar surface area (TPSA) is 91.1 Å². The molecule has 1 rings (SSSR count). The molecule has 7 nitrogen and oxygen atoms in total. The summed E-state index contributed by atoms with van der Waals surface area (Å²) in [5.74, 6) is -0.416. The van der Waals surface area contributed by atoms with E-state index in [4.69, 9.17) is 4.74 Å². The molecule has 21 heavy (non-hydrogen) atoms. The summed E-state index contributed by atoms with van der Waals surface area (Å²) >= 11 is 0. The summed E-state index contributed by atoms with van der Waals surface area (Å²) in [6, 6.07) is 0. The van der Waals surface area contributed by atoms with E-state index in [2.05, 4.69) is 10.3 Å². The average Bonchev–Trinajstić information content (AvgIpc) is 2.66. The maximum Gasteiger partial charge on any atom is 0.361 e. The third kappa shape index (κ3) is 5.45. The summed E-state index contributed by atoms with van der Waals surface area (Å²) in [4.78, 5) is 11.9. The highest BCUT2D eigenvalue weighted by Gasteiger charge is 2.23. The van der Waals surface area contributed by atoms with Crippen LogP contribution in [0.4, 0.5) is 0 Å². The highest BCUT2D eigenvalue weighted by atomic mass is 32.2. The lowest BCUT2D eigenvalue weighted by Crippen LogP contribution is -2.24. The number of hydrogen-bond acceptors (Lipinski definition) is 6. The van der Waals surface area contributed by atoms with E-state index in [0.717, 1.165) is 0 Å². The number of hydrogen-bond donors (Lipinski definition) is 0. The van der Waals surface area contributed by atoms with Gasteiger partial charge < -0.3 is 4.74 Å². The van der Waals surface area contributed by atoms with Gasteiger partial charge in [-0.25, -0.2) is 17.9 Å². The van der Waals surface area contributed by atoms with Crippen LogP contribution in [0.25, 0.3) is 0 Å². The molecule has 1 aromatic rings. The van der Waals surface area contributed by atoms with Crippen molar-refractivity contribution in [3.05, 3.63) is 11.4 Å². The number of esters is 1. The smallest absolute Gasteiger partial charge is 0.361 e. The molecule has 0 atom stereocenters. The molecule has 0 aromatic carbocycles. The molecule has 0 aliphatic carbocycles. The Morgan fingerprint density at radius 3 is 2.43 bits per heavy atom. The summed E-state index contributed by atoms with van der Waals surface area (Å²) in [5.41, 5.74) is 0.0198. The largest absolute Gasteiger partial charge is 0.455 e. The van der Waals surface area contributed by atoms with Gasteiger partial charge in [-0.05, 0) is 34.1 Å². The molecular weight excluding hydrogens is 294 g/mol. The molecule has 0 unspecified atom stereocenters. The van der Waals surface area contributed by atoms with Gasteiger partial charge in [-0.15, -0.1) is 5.10 Å². The van der Waals surface area contributed by atoms with E-state index in [1.165, 1.54) is 4.68 Å². The van der Waals surface area contributed by atoms with Crippen LogP contribution in [0.2, 0.25) is 0 Å². The fourth-order valence-electron chi connectivity index (χ4n) is 1.73. The minimum absolute atomic E-state index is 0.0151. The zero-order valence-corrected chi connectivity index (χ0v) is 14.0. The van der Waals surface area contributed by atoms with E-state index in [1.807, 2.05) is 6.92 Å². The van der Waals surface area contributed by atoms with Crippen molar-refractivity contribution in [3.63, 3.8) is 0 Å². The molecule has 0 saturated heterocycles. The first-order valence-corrected chi connectivity index (χ1v) is 8.71. The number of carbonyl (C=O) groups excluding carboxylic acids is 1. The van der Waals surface area contributed by atoms with Gasteiger partial charge in [0.1, 0.15) is 5.60 Å². The number of ether oxygens (including phenoxy) is 1. The second-order valence-corrected chi connectivity index (χ2v) is 8.20. The zero-order valence-electron chi connectivity index (χ0n) is 13.2. The van der Waals surface area contributed by atoms with Crippen molar-refractivity contribution in [2.45, 2.75) is 53.2 Å². The molecule has 0 saturated carbocycles. The number of aromatic nitrogens is 3. The minimum atomic E-state index is -3.09. The van der Waals surface area contributed by atoms with E-state index < -0.39 is 21.4 Å². The maximum absolute atomic E-state index is 11.9. The van der Waals surface area contributed by atoms with Gasteiger partial charge in [-0.1, -0.05) is 12.1 Å². The minimum Gasteiger partial charge on any atom is -0.455 e. The summed E-state index contributed by atoms with van der Waals surface area (Å²) in [6.45, 7) is 8.97. The molecule has 0 bridgehead atoms. The van der Waals surface area contributed by atoms with Crippen LogP contribution >= 0.6 is 0 Å². The van der Waals surface area contributed by atoms with Gasteiger partial charge in [0.15, 0.2) is 15.5 Å². The molecule has 0 spiro atoms. The van der Waals surface area contributed by atoms with E-state index in [0.29, 0.717) is 12.1 Å². The molecular formula is C13H23N3O4S. The summed E-state index contributed by atoms with van der Waals surface area (Å²) < 4.78 is 30.0. The first-order valence-electron chi connectivity index (χ1n) is 6.89. The monoisotopic (exact) mass is 317 g/mol. The van der Waals surface area contributed by atoms with Crippen LogP contribution in [-0.2, 0) is 21.1 Å². The van der Waals surface area contributed by atoms with Crippen LogP contribution in [0.3, 0.4) is 0 Å². The quantitative estimate of drug-likeness (QED) is 0.736. The fraction of sp³-hybridized carbons (Fsp3) is 0.769. The van der Waals surface area contributed by atoms with E-state index in [9.17, 15) is 13.2 Å². The SMILES string of the molecule is CCCS(=O)(=O)CCn1nnc(C(=O)OC(C)(C)C)c1C. The third-order valence-corrected chi connectivity index (χ3v) is 4.54. The van der Waals surface area contributed by atoms with Crippen LogP contribution in [0, 0.1) is 6.92 Å². The summed E-state index contributed by atoms with van der Waals surface area (Å²) in [6.07, 6.45) is 0.585. The van der Waals surface area contributed by atoms with Gasteiger partial charge >= 0.3 is 5.97 Å². The molecule has 120 valence electrons. The lowest BCUT2D eigenvalue weighted by Gasteiger charge is -2.18. The molecule has 0 amide bonds. The molecule has 0 aliphatic heterocycles. The molecule has 0 aliphatic rings. The first-order chi connectivity index (χ1) is 9.56. The lowest BCUT2D eigenvalue weighted by atomic mass is 10.2. The average molecular weight is 317 g/mol. The second-order valence-electron chi connectivity index (χ2n) is 5.90. The van der Waals surface area contributed by atoms with Gasteiger partial charge in [0.2, 0.25) is 0 Å². The number of aryl methyl sites for hydroxylation is 1. The molecule has 1 heterocycles. The fourth-order valence-corrected chi connectivity index (χ4v) is 3.00. The number of rotatable bonds is 6. The highest BCUT2D eigenvalue weighted by molar-refractivity contribution is 7.91. The van der Waals surface area contributed by atoms with Crippen molar-refractivity contribution in [1.29, 1.82) is 0 Å². The Kier molecular flexibility index (Phi) is 5.49.